The Morgan fingerprint density at radius 3 is 2.72 bits per heavy atom. The third-order valence-electron chi connectivity index (χ3n) is 3.41. The third-order valence-corrected chi connectivity index (χ3v) is 3.41. The molecule has 1 aliphatic rings. The fraction of sp³-hybridized carbons (Fsp3) is 0.533. The molecule has 3 heteroatoms. The summed E-state index contributed by atoms with van der Waals surface area (Å²) >= 11 is 0. The summed E-state index contributed by atoms with van der Waals surface area (Å²) in [6.45, 7) is 3.44. The zero-order chi connectivity index (χ0) is 12.8. The lowest BCUT2D eigenvalue weighted by Gasteiger charge is -2.23. The Kier molecular flexibility index (Phi) is 4.76. The highest BCUT2D eigenvalue weighted by Crippen LogP contribution is 2.14. The maximum Gasteiger partial charge on any atom is 0.159 e. The molecule has 0 radical (unpaired) electrons. The molecule has 1 saturated heterocycles. The van der Waals surface area contributed by atoms with Gasteiger partial charge in [0.2, 0.25) is 0 Å². The minimum atomic E-state index is 0.0907. The number of rotatable bonds is 5. The Bertz CT molecular complexity index is 380. The van der Waals surface area contributed by atoms with Gasteiger partial charge in [-0.2, -0.15) is 0 Å². The number of carbonyl (C=O) groups excluding carboxylic acids is 1. The van der Waals surface area contributed by atoms with E-state index in [1.54, 1.807) is 6.92 Å². The van der Waals surface area contributed by atoms with Crippen molar-refractivity contribution in [1.82, 2.24) is 5.32 Å². The topological polar surface area (TPSA) is 38.3 Å². The molecule has 98 valence electrons. The van der Waals surface area contributed by atoms with Crippen molar-refractivity contribution in [3.8, 4) is 5.75 Å². The zero-order valence-electron chi connectivity index (χ0n) is 10.9. The lowest BCUT2D eigenvalue weighted by molar-refractivity contribution is 0.101. The predicted octanol–water partition coefficient (Wildman–Crippen LogP) is 2.80. The highest BCUT2D eigenvalue weighted by Gasteiger charge is 2.11. The Morgan fingerprint density at radius 2 is 2.11 bits per heavy atom. The van der Waals surface area contributed by atoms with Crippen molar-refractivity contribution in [3.05, 3.63) is 29.8 Å². The normalized spacial score (nSPS) is 19.5. The molecule has 1 atom stereocenters. The smallest absolute Gasteiger partial charge is 0.159 e. The third kappa shape index (κ3) is 3.84. The first kappa shape index (κ1) is 13.1. The molecular formula is C15H21NO2. The number of Topliss-reactive ketones (excluding diaryl/α,β-unsaturated/α-hetero) is 1. The van der Waals surface area contributed by atoms with Crippen LogP contribution in [0.15, 0.2) is 24.3 Å². The molecule has 0 aliphatic carbocycles. The molecule has 0 saturated carbocycles. The van der Waals surface area contributed by atoms with Crippen molar-refractivity contribution < 1.29 is 9.53 Å². The lowest BCUT2D eigenvalue weighted by atomic mass is 10.0. The molecule has 18 heavy (non-hydrogen) atoms. The molecule has 1 aromatic carbocycles. The Balaban J connectivity index is 1.74. The van der Waals surface area contributed by atoms with E-state index in [0.29, 0.717) is 6.04 Å². The maximum absolute atomic E-state index is 11.1. The summed E-state index contributed by atoms with van der Waals surface area (Å²) in [4.78, 5) is 11.1. The fourth-order valence-corrected chi connectivity index (χ4v) is 2.28. The van der Waals surface area contributed by atoms with Gasteiger partial charge in [-0.05, 0) is 57.0 Å². The minimum Gasteiger partial charge on any atom is -0.494 e. The summed E-state index contributed by atoms with van der Waals surface area (Å²) in [5.74, 6) is 0.934. The molecule has 0 aromatic heterocycles. The van der Waals surface area contributed by atoms with E-state index >= 15 is 0 Å². The summed E-state index contributed by atoms with van der Waals surface area (Å²) in [6, 6.07) is 7.97. The number of piperidine rings is 1. The van der Waals surface area contributed by atoms with E-state index < -0.39 is 0 Å². The number of ketones is 1. The van der Waals surface area contributed by atoms with Crippen LogP contribution in [0.4, 0.5) is 0 Å². The number of carbonyl (C=O) groups is 1. The van der Waals surface area contributed by atoms with Crippen LogP contribution in [0.3, 0.4) is 0 Å². The molecule has 0 amide bonds. The highest BCUT2D eigenvalue weighted by molar-refractivity contribution is 5.94. The zero-order valence-corrected chi connectivity index (χ0v) is 10.9. The van der Waals surface area contributed by atoms with E-state index in [1.807, 2.05) is 24.3 Å². The molecule has 1 aromatic rings. The van der Waals surface area contributed by atoms with Crippen LogP contribution in [0.1, 0.15) is 43.0 Å². The molecule has 1 heterocycles. The molecule has 3 nitrogen and oxygen atoms in total. The van der Waals surface area contributed by atoms with Crippen molar-refractivity contribution >= 4 is 5.78 Å². The predicted molar refractivity (Wildman–Crippen MR) is 72.2 cm³/mol. The molecule has 1 aliphatic heterocycles. The molecule has 1 fully saturated rings. The molecule has 0 spiro atoms. The van der Waals surface area contributed by atoms with E-state index in [9.17, 15) is 4.79 Å². The second-order valence-electron chi connectivity index (χ2n) is 4.86. The van der Waals surface area contributed by atoms with Gasteiger partial charge in [-0.25, -0.2) is 0 Å². The highest BCUT2D eigenvalue weighted by atomic mass is 16.5. The fourth-order valence-electron chi connectivity index (χ4n) is 2.28. The second kappa shape index (κ2) is 6.55. The minimum absolute atomic E-state index is 0.0907. The summed E-state index contributed by atoms with van der Waals surface area (Å²) in [7, 11) is 0. The molecule has 0 bridgehead atoms. The van der Waals surface area contributed by atoms with E-state index in [0.717, 1.165) is 30.9 Å². The van der Waals surface area contributed by atoms with Crippen molar-refractivity contribution in [2.45, 2.75) is 38.6 Å². The Labute approximate surface area is 109 Å². The molecular weight excluding hydrogens is 226 g/mol. The van der Waals surface area contributed by atoms with Gasteiger partial charge in [0.05, 0.1) is 6.61 Å². The first-order valence-corrected chi connectivity index (χ1v) is 6.73. The molecule has 1 N–H and O–H groups in total. The number of benzene rings is 1. The molecule has 0 unspecified atom stereocenters. The second-order valence-corrected chi connectivity index (χ2v) is 4.86. The Hall–Kier alpha value is -1.35. The summed E-state index contributed by atoms with van der Waals surface area (Å²) in [5, 5.41) is 3.50. The van der Waals surface area contributed by atoms with Gasteiger partial charge in [0.25, 0.3) is 0 Å². The van der Waals surface area contributed by atoms with Gasteiger partial charge >= 0.3 is 0 Å². The SMILES string of the molecule is CC(=O)c1ccc(OCC[C@H]2CCCCN2)cc1. The van der Waals surface area contributed by atoms with E-state index in [2.05, 4.69) is 5.32 Å². The standard InChI is InChI=1S/C15H21NO2/c1-12(17)13-5-7-15(8-6-13)18-11-9-14-4-2-3-10-16-14/h5-8,14,16H,2-4,9-11H2,1H3/t14-/m1/s1. The van der Waals surface area contributed by atoms with Crippen molar-refractivity contribution in [1.29, 1.82) is 0 Å². The van der Waals surface area contributed by atoms with Crippen LogP contribution in [0.25, 0.3) is 0 Å². The number of hydrogen-bond donors (Lipinski definition) is 1. The monoisotopic (exact) mass is 247 g/mol. The van der Waals surface area contributed by atoms with E-state index in [4.69, 9.17) is 4.74 Å². The van der Waals surface area contributed by atoms with Crippen LogP contribution in [0.5, 0.6) is 5.75 Å². The van der Waals surface area contributed by atoms with Gasteiger partial charge in [-0.15, -0.1) is 0 Å². The van der Waals surface area contributed by atoms with Gasteiger partial charge in [-0.3, -0.25) is 4.79 Å². The largest absolute Gasteiger partial charge is 0.494 e. The maximum atomic E-state index is 11.1. The van der Waals surface area contributed by atoms with E-state index in [1.165, 1.54) is 19.3 Å². The van der Waals surface area contributed by atoms with Gasteiger partial charge in [0, 0.05) is 11.6 Å². The van der Waals surface area contributed by atoms with Crippen LogP contribution in [0.2, 0.25) is 0 Å². The number of hydrogen-bond acceptors (Lipinski definition) is 3. The summed E-state index contributed by atoms with van der Waals surface area (Å²) < 4.78 is 5.69. The van der Waals surface area contributed by atoms with Crippen molar-refractivity contribution in [2.75, 3.05) is 13.2 Å². The molecule has 2 rings (SSSR count). The first-order valence-electron chi connectivity index (χ1n) is 6.73. The quantitative estimate of drug-likeness (QED) is 0.813. The Morgan fingerprint density at radius 1 is 1.33 bits per heavy atom. The average molecular weight is 247 g/mol. The van der Waals surface area contributed by atoms with Gasteiger partial charge < -0.3 is 10.1 Å². The van der Waals surface area contributed by atoms with Crippen LogP contribution < -0.4 is 10.1 Å². The summed E-state index contributed by atoms with van der Waals surface area (Å²) in [6.07, 6.45) is 4.93. The van der Waals surface area contributed by atoms with Crippen molar-refractivity contribution in [3.63, 3.8) is 0 Å². The first-order chi connectivity index (χ1) is 8.75. The van der Waals surface area contributed by atoms with Crippen LogP contribution in [-0.4, -0.2) is 25.0 Å². The lowest BCUT2D eigenvalue weighted by Crippen LogP contribution is -2.35. The van der Waals surface area contributed by atoms with Crippen LogP contribution in [0, 0.1) is 0 Å². The van der Waals surface area contributed by atoms with Crippen LogP contribution >= 0.6 is 0 Å². The average Bonchev–Trinajstić information content (AvgIpc) is 2.40. The van der Waals surface area contributed by atoms with E-state index in [-0.39, 0.29) is 5.78 Å². The van der Waals surface area contributed by atoms with Crippen molar-refractivity contribution in [2.24, 2.45) is 0 Å². The van der Waals surface area contributed by atoms with Gasteiger partial charge in [0.1, 0.15) is 5.75 Å². The number of nitrogens with one attached hydrogen (secondary N) is 1. The van der Waals surface area contributed by atoms with Gasteiger partial charge in [0.15, 0.2) is 5.78 Å². The number of ether oxygens (including phenoxy) is 1. The van der Waals surface area contributed by atoms with Crippen LogP contribution in [-0.2, 0) is 0 Å². The van der Waals surface area contributed by atoms with Gasteiger partial charge in [-0.1, -0.05) is 6.42 Å². The summed E-state index contributed by atoms with van der Waals surface area (Å²) in [5.41, 5.74) is 0.733.